The average Bonchev–Trinajstić information content (AvgIpc) is 3.28. The lowest BCUT2D eigenvalue weighted by molar-refractivity contribution is 0.414. The number of guanidine groups is 1. The summed E-state index contributed by atoms with van der Waals surface area (Å²) in [6.07, 6.45) is 3.65. The van der Waals surface area contributed by atoms with Crippen LogP contribution in [0.25, 0.3) is 5.70 Å². The van der Waals surface area contributed by atoms with Gasteiger partial charge in [0.15, 0.2) is 11.6 Å². The van der Waals surface area contributed by atoms with E-state index < -0.39 is 5.66 Å². The van der Waals surface area contributed by atoms with Crippen molar-refractivity contribution in [1.82, 2.24) is 24.9 Å². The van der Waals surface area contributed by atoms with Gasteiger partial charge in [-0.1, -0.05) is 12.1 Å². The Morgan fingerprint density at radius 2 is 1.93 bits per heavy atom. The maximum absolute atomic E-state index is 6.61. The molecule has 0 saturated heterocycles. The molecule has 0 radical (unpaired) electrons. The monoisotopic (exact) mass is 392 g/mol. The topological polar surface area (TPSA) is 121 Å². The molecule has 4 rings (SSSR count). The molecule has 0 saturated carbocycles. The standard InChI is InChI=1S/C20H24N8O/c1-13-10-18(26-28(13)12-14-4-6-15(29-3)7-5-14)20(22)11-17(23-19(21)24-20)16-8-9-27(2)25-16/h4-11H,12,22H2,1-3H3,(H3,21,23,24). The third kappa shape index (κ3) is 3.72. The molecule has 0 amide bonds. The number of aryl methyl sites for hydroxylation is 2. The first-order valence-corrected chi connectivity index (χ1v) is 9.18. The molecule has 3 heterocycles. The number of nitrogens with zero attached hydrogens (tertiary/aromatic N) is 5. The number of methoxy groups -OCH3 is 1. The highest BCUT2D eigenvalue weighted by atomic mass is 16.5. The van der Waals surface area contributed by atoms with Gasteiger partial charge in [0.2, 0.25) is 0 Å². The smallest absolute Gasteiger partial charge is 0.195 e. The maximum Gasteiger partial charge on any atom is 0.195 e. The lowest BCUT2D eigenvalue weighted by atomic mass is 10.0. The fourth-order valence-electron chi connectivity index (χ4n) is 3.25. The molecule has 5 N–H and O–H groups in total. The number of nitrogens with two attached hydrogens (primary N) is 2. The van der Waals surface area contributed by atoms with Crippen molar-refractivity contribution in [3.8, 4) is 5.75 Å². The van der Waals surface area contributed by atoms with Crippen molar-refractivity contribution in [3.63, 3.8) is 0 Å². The first kappa shape index (κ1) is 18.8. The Balaban J connectivity index is 1.65. The second kappa shape index (κ2) is 7.10. The third-order valence-electron chi connectivity index (χ3n) is 4.81. The van der Waals surface area contributed by atoms with Gasteiger partial charge in [-0.15, -0.1) is 0 Å². The van der Waals surface area contributed by atoms with Gasteiger partial charge in [-0.05, 0) is 42.8 Å². The highest BCUT2D eigenvalue weighted by molar-refractivity contribution is 5.90. The summed E-state index contributed by atoms with van der Waals surface area (Å²) in [6, 6.07) is 11.7. The van der Waals surface area contributed by atoms with Gasteiger partial charge in [0.1, 0.15) is 17.1 Å². The fourth-order valence-corrected chi connectivity index (χ4v) is 3.25. The molecule has 1 aliphatic rings. The molecular weight excluding hydrogens is 368 g/mol. The molecule has 29 heavy (non-hydrogen) atoms. The minimum absolute atomic E-state index is 0.220. The van der Waals surface area contributed by atoms with E-state index in [1.165, 1.54) is 0 Å². The number of aromatic nitrogens is 4. The first-order valence-electron chi connectivity index (χ1n) is 9.18. The van der Waals surface area contributed by atoms with Crippen LogP contribution in [0.2, 0.25) is 0 Å². The minimum atomic E-state index is -1.18. The van der Waals surface area contributed by atoms with Crippen LogP contribution in [0.3, 0.4) is 0 Å². The number of rotatable bonds is 5. The van der Waals surface area contributed by atoms with Crippen LogP contribution >= 0.6 is 0 Å². The number of hydrogen-bond donors (Lipinski definition) is 3. The highest BCUT2D eigenvalue weighted by Gasteiger charge is 2.33. The molecule has 3 aromatic rings. The Morgan fingerprint density at radius 1 is 1.17 bits per heavy atom. The third-order valence-corrected chi connectivity index (χ3v) is 4.81. The summed E-state index contributed by atoms with van der Waals surface area (Å²) < 4.78 is 8.82. The predicted octanol–water partition coefficient (Wildman–Crippen LogP) is 1.05. The molecular formula is C20H24N8O. The minimum Gasteiger partial charge on any atom is -0.497 e. The van der Waals surface area contributed by atoms with Gasteiger partial charge in [0.25, 0.3) is 0 Å². The Labute approximate surface area is 168 Å². The molecule has 1 atom stereocenters. The number of ether oxygens (including phenoxy) is 1. The van der Waals surface area contributed by atoms with Gasteiger partial charge in [0, 0.05) is 18.9 Å². The van der Waals surface area contributed by atoms with Crippen LogP contribution in [0.15, 0.2) is 53.7 Å². The van der Waals surface area contributed by atoms with E-state index in [9.17, 15) is 0 Å². The van der Waals surface area contributed by atoms with Crippen molar-refractivity contribution >= 4 is 11.7 Å². The van der Waals surface area contributed by atoms with Gasteiger partial charge in [-0.25, -0.2) is 4.99 Å². The molecule has 0 fully saturated rings. The summed E-state index contributed by atoms with van der Waals surface area (Å²) in [5.74, 6) is 1.04. The van der Waals surface area contributed by atoms with Crippen molar-refractivity contribution < 1.29 is 4.74 Å². The summed E-state index contributed by atoms with van der Waals surface area (Å²) >= 11 is 0. The van der Waals surface area contributed by atoms with Crippen LogP contribution in [-0.2, 0) is 19.3 Å². The summed E-state index contributed by atoms with van der Waals surface area (Å²) in [5, 5.41) is 12.1. The second-order valence-electron chi connectivity index (χ2n) is 7.06. The van der Waals surface area contributed by atoms with Crippen molar-refractivity contribution in [2.45, 2.75) is 19.1 Å². The van der Waals surface area contributed by atoms with Gasteiger partial charge in [-0.2, -0.15) is 10.2 Å². The van der Waals surface area contributed by atoms with E-state index in [2.05, 4.69) is 15.4 Å². The molecule has 0 spiro atoms. The van der Waals surface area contributed by atoms with Crippen LogP contribution in [0.1, 0.15) is 22.6 Å². The van der Waals surface area contributed by atoms with Crippen LogP contribution in [-0.4, -0.2) is 32.6 Å². The number of hydrogen-bond acceptors (Lipinski definition) is 7. The Hall–Kier alpha value is -3.59. The van der Waals surface area contributed by atoms with E-state index in [1.807, 2.05) is 61.2 Å². The SMILES string of the molecule is COc1ccc(Cn2nc(C3(N)C=C(c4ccn(C)n4)NC(N)=N3)cc2C)cc1. The van der Waals surface area contributed by atoms with E-state index in [4.69, 9.17) is 21.3 Å². The van der Waals surface area contributed by atoms with Crippen molar-refractivity contribution in [1.29, 1.82) is 0 Å². The zero-order valence-corrected chi connectivity index (χ0v) is 16.6. The van der Waals surface area contributed by atoms with E-state index in [0.717, 1.165) is 22.7 Å². The average molecular weight is 392 g/mol. The van der Waals surface area contributed by atoms with E-state index >= 15 is 0 Å². The molecule has 0 aliphatic carbocycles. The molecule has 0 bridgehead atoms. The first-order chi connectivity index (χ1) is 13.9. The fraction of sp³-hybridized carbons (Fsp3) is 0.250. The lowest BCUT2D eigenvalue weighted by Crippen LogP contribution is -2.44. The van der Waals surface area contributed by atoms with E-state index in [1.54, 1.807) is 17.9 Å². The number of benzene rings is 1. The Morgan fingerprint density at radius 3 is 2.59 bits per heavy atom. The summed E-state index contributed by atoms with van der Waals surface area (Å²) in [7, 11) is 3.50. The summed E-state index contributed by atoms with van der Waals surface area (Å²) in [6.45, 7) is 2.60. The Bertz CT molecular complexity index is 1090. The molecule has 2 aromatic heterocycles. The molecule has 1 aromatic carbocycles. The molecule has 1 unspecified atom stereocenters. The van der Waals surface area contributed by atoms with E-state index in [-0.39, 0.29) is 5.96 Å². The van der Waals surface area contributed by atoms with Crippen molar-refractivity contribution in [2.75, 3.05) is 7.11 Å². The zero-order valence-electron chi connectivity index (χ0n) is 16.6. The second-order valence-corrected chi connectivity index (χ2v) is 7.06. The van der Waals surface area contributed by atoms with Gasteiger partial charge >= 0.3 is 0 Å². The molecule has 9 nitrogen and oxygen atoms in total. The molecule has 9 heteroatoms. The van der Waals surface area contributed by atoms with Gasteiger partial charge < -0.3 is 15.8 Å². The lowest BCUT2D eigenvalue weighted by Gasteiger charge is -2.26. The van der Waals surface area contributed by atoms with Crippen LogP contribution in [0.5, 0.6) is 5.75 Å². The summed E-state index contributed by atoms with van der Waals surface area (Å²) in [4.78, 5) is 4.41. The van der Waals surface area contributed by atoms with Crippen molar-refractivity contribution in [3.05, 3.63) is 71.3 Å². The molecule has 1 aliphatic heterocycles. The summed E-state index contributed by atoms with van der Waals surface area (Å²) in [5.41, 5.74) is 15.6. The number of nitrogens with one attached hydrogen (secondary N) is 1. The molecule has 150 valence electrons. The quantitative estimate of drug-likeness (QED) is 0.597. The van der Waals surface area contributed by atoms with Crippen LogP contribution < -0.4 is 21.5 Å². The van der Waals surface area contributed by atoms with Crippen LogP contribution in [0.4, 0.5) is 0 Å². The van der Waals surface area contributed by atoms with Crippen LogP contribution in [0, 0.1) is 6.92 Å². The largest absolute Gasteiger partial charge is 0.497 e. The number of aliphatic imine (C=N–C) groups is 1. The van der Waals surface area contributed by atoms with Crippen molar-refractivity contribution in [2.24, 2.45) is 23.5 Å². The van der Waals surface area contributed by atoms with E-state index in [0.29, 0.717) is 17.9 Å². The normalized spacial score (nSPS) is 18.8. The van der Waals surface area contributed by atoms with Gasteiger partial charge in [-0.3, -0.25) is 15.1 Å². The maximum atomic E-state index is 6.61. The predicted molar refractivity (Wildman–Crippen MR) is 111 cm³/mol. The Kier molecular flexibility index (Phi) is 4.59. The van der Waals surface area contributed by atoms with Gasteiger partial charge in [0.05, 0.1) is 19.4 Å². The highest BCUT2D eigenvalue weighted by Crippen LogP contribution is 2.28. The zero-order chi connectivity index (χ0) is 20.6.